The Bertz CT molecular complexity index is 893. The maximum atomic E-state index is 12.1. The summed E-state index contributed by atoms with van der Waals surface area (Å²) in [6.07, 6.45) is 5.09. The summed E-state index contributed by atoms with van der Waals surface area (Å²) in [5, 5.41) is 8.10. The molecule has 0 fully saturated rings. The fourth-order valence-electron chi connectivity index (χ4n) is 2.15. The Kier molecular flexibility index (Phi) is 4.97. The molecule has 2 heterocycles. The van der Waals surface area contributed by atoms with Gasteiger partial charge in [-0.05, 0) is 24.6 Å². The predicted molar refractivity (Wildman–Crippen MR) is 93.5 cm³/mol. The highest BCUT2D eigenvalue weighted by atomic mass is 35.5. The van der Waals surface area contributed by atoms with Crippen molar-refractivity contribution in [2.45, 2.75) is 19.8 Å². The van der Waals surface area contributed by atoms with E-state index in [0.717, 1.165) is 18.4 Å². The van der Waals surface area contributed by atoms with Crippen LogP contribution >= 0.6 is 23.2 Å². The Hall–Kier alpha value is -2.18. The molecule has 0 atom stereocenters. The number of hydrogen-bond acceptors (Lipinski definition) is 4. The average molecular weight is 364 g/mol. The molecule has 6 nitrogen and oxygen atoms in total. The van der Waals surface area contributed by atoms with Gasteiger partial charge in [-0.3, -0.25) is 4.79 Å². The van der Waals surface area contributed by atoms with E-state index in [0.29, 0.717) is 33.8 Å². The van der Waals surface area contributed by atoms with Gasteiger partial charge in [0.05, 0.1) is 22.4 Å². The van der Waals surface area contributed by atoms with Gasteiger partial charge in [0, 0.05) is 12.1 Å². The summed E-state index contributed by atoms with van der Waals surface area (Å²) in [5.74, 6) is 0.251. The topological polar surface area (TPSA) is 72.2 Å². The van der Waals surface area contributed by atoms with Crippen LogP contribution in [0.1, 0.15) is 30.3 Å². The Morgan fingerprint density at radius 3 is 2.88 bits per heavy atom. The molecule has 0 saturated carbocycles. The van der Waals surface area contributed by atoms with Gasteiger partial charge in [0.15, 0.2) is 11.5 Å². The first kappa shape index (κ1) is 16.7. The van der Waals surface area contributed by atoms with Crippen LogP contribution in [0, 0.1) is 0 Å². The van der Waals surface area contributed by atoms with Crippen molar-refractivity contribution in [2.24, 2.45) is 0 Å². The largest absolute Gasteiger partial charge is 0.351 e. The van der Waals surface area contributed by atoms with Crippen molar-refractivity contribution in [1.82, 2.24) is 24.9 Å². The van der Waals surface area contributed by atoms with E-state index in [1.54, 1.807) is 30.6 Å². The molecule has 3 aromatic rings. The number of hydrogen-bond donors (Lipinski definition) is 1. The SMILES string of the molecule is CCCCNC(=O)c1cn2nc(-c3ccc(Cl)c(Cl)c3)ncc2n1. The summed E-state index contributed by atoms with van der Waals surface area (Å²) in [7, 11) is 0. The van der Waals surface area contributed by atoms with E-state index in [1.165, 1.54) is 4.52 Å². The lowest BCUT2D eigenvalue weighted by atomic mass is 10.2. The number of imidazole rings is 1. The van der Waals surface area contributed by atoms with Crippen LogP contribution in [0.3, 0.4) is 0 Å². The monoisotopic (exact) mass is 363 g/mol. The zero-order chi connectivity index (χ0) is 17.1. The Morgan fingerprint density at radius 1 is 1.29 bits per heavy atom. The third-order valence-electron chi connectivity index (χ3n) is 3.45. The lowest BCUT2D eigenvalue weighted by molar-refractivity contribution is 0.0948. The number of carbonyl (C=O) groups is 1. The van der Waals surface area contributed by atoms with Crippen LogP contribution in [-0.2, 0) is 0 Å². The van der Waals surface area contributed by atoms with Crippen molar-refractivity contribution in [3.63, 3.8) is 0 Å². The maximum absolute atomic E-state index is 12.1. The standard InChI is InChI=1S/C16H15Cl2N5O/c1-2-3-6-19-16(24)13-9-23-14(21-13)8-20-15(22-23)10-4-5-11(17)12(18)7-10/h4-5,7-9H,2-3,6H2,1H3,(H,19,24). The number of carbonyl (C=O) groups excluding carboxylic acids is 1. The number of amides is 1. The minimum Gasteiger partial charge on any atom is -0.351 e. The molecule has 2 aromatic heterocycles. The quantitative estimate of drug-likeness (QED) is 0.702. The van der Waals surface area contributed by atoms with Crippen LogP contribution in [0.15, 0.2) is 30.6 Å². The molecular formula is C16H15Cl2N5O. The number of nitrogens with one attached hydrogen (secondary N) is 1. The molecule has 0 bridgehead atoms. The fourth-order valence-corrected chi connectivity index (χ4v) is 2.44. The Morgan fingerprint density at radius 2 is 2.12 bits per heavy atom. The third-order valence-corrected chi connectivity index (χ3v) is 4.18. The van der Waals surface area contributed by atoms with E-state index in [4.69, 9.17) is 23.2 Å². The normalized spacial score (nSPS) is 11.0. The number of benzene rings is 1. The number of rotatable bonds is 5. The molecule has 1 amide bonds. The van der Waals surface area contributed by atoms with Crippen LogP contribution in [0.2, 0.25) is 10.0 Å². The first-order valence-corrected chi connectivity index (χ1v) is 8.30. The number of unbranched alkanes of at least 4 members (excludes halogenated alkanes) is 1. The number of aromatic nitrogens is 4. The van der Waals surface area contributed by atoms with E-state index in [9.17, 15) is 4.79 Å². The molecule has 0 aliphatic carbocycles. The minimum absolute atomic E-state index is 0.218. The van der Waals surface area contributed by atoms with Gasteiger partial charge in [-0.15, -0.1) is 5.10 Å². The van der Waals surface area contributed by atoms with Crippen molar-refractivity contribution in [1.29, 1.82) is 0 Å². The van der Waals surface area contributed by atoms with Crippen molar-refractivity contribution in [3.05, 3.63) is 46.3 Å². The molecule has 0 unspecified atom stereocenters. The molecular weight excluding hydrogens is 349 g/mol. The highest BCUT2D eigenvalue weighted by Crippen LogP contribution is 2.26. The molecule has 8 heteroatoms. The molecule has 124 valence electrons. The molecule has 3 rings (SSSR count). The summed E-state index contributed by atoms with van der Waals surface area (Å²) in [4.78, 5) is 20.6. The van der Waals surface area contributed by atoms with Gasteiger partial charge < -0.3 is 5.32 Å². The van der Waals surface area contributed by atoms with Gasteiger partial charge >= 0.3 is 0 Å². The van der Waals surface area contributed by atoms with Crippen LogP contribution in [0.25, 0.3) is 17.0 Å². The smallest absolute Gasteiger partial charge is 0.271 e. The van der Waals surface area contributed by atoms with Gasteiger partial charge in [0.1, 0.15) is 5.69 Å². The maximum Gasteiger partial charge on any atom is 0.271 e. The van der Waals surface area contributed by atoms with Crippen LogP contribution < -0.4 is 5.32 Å². The molecule has 1 aromatic carbocycles. The van der Waals surface area contributed by atoms with Crippen LogP contribution in [0.4, 0.5) is 0 Å². The molecule has 0 radical (unpaired) electrons. The predicted octanol–water partition coefficient (Wildman–Crippen LogP) is 3.63. The summed E-state index contributed by atoms with van der Waals surface area (Å²) in [6.45, 7) is 2.70. The van der Waals surface area contributed by atoms with E-state index in [-0.39, 0.29) is 5.91 Å². The van der Waals surface area contributed by atoms with Gasteiger partial charge in [0.25, 0.3) is 5.91 Å². The number of nitrogens with zero attached hydrogens (tertiary/aromatic N) is 4. The van der Waals surface area contributed by atoms with Crippen LogP contribution in [0.5, 0.6) is 0 Å². The van der Waals surface area contributed by atoms with Crippen molar-refractivity contribution in [2.75, 3.05) is 6.54 Å². The summed E-state index contributed by atoms with van der Waals surface area (Å²) < 4.78 is 1.53. The zero-order valence-corrected chi connectivity index (χ0v) is 14.5. The molecule has 0 aliphatic rings. The van der Waals surface area contributed by atoms with Crippen molar-refractivity contribution >= 4 is 34.8 Å². The molecule has 1 N–H and O–H groups in total. The molecule has 24 heavy (non-hydrogen) atoms. The highest BCUT2D eigenvalue weighted by molar-refractivity contribution is 6.42. The summed E-state index contributed by atoms with van der Waals surface area (Å²) in [6, 6.07) is 5.17. The second-order valence-corrected chi connectivity index (χ2v) is 6.06. The molecule has 0 saturated heterocycles. The van der Waals surface area contributed by atoms with Crippen molar-refractivity contribution < 1.29 is 4.79 Å². The van der Waals surface area contributed by atoms with E-state index < -0.39 is 0 Å². The minimum atomic E-state index is -0.218. The molecule has 0 spiro atoms. The third kappa shape index (κ3) is 3.49. The highest BCUT2D eigenvalue weighted by Gasteiger charge is 2.12. The van der Waals surface area contributed by atoms with Crippen molar-refractivity contribution in [3.8, 4) is 11.4 Å². The van der Waals surface area contributed by atoms with E-state index in [2.05, 4.69) is 27.3 Å². The fraction of sp³-hybridized carbons (Fsp3) is 0.250. The zero-order valence-electron chi connectivity index (χ0n) is 13.0. The average Bonchev–Trinajstić information content (AvgIpc) is 3.00. The summed E-state index contributed by atoms with van der Waals surface area (Å²) in [5.41, 5.74) is 1.54. The van der Waals surface area contributed by atoms with Gasteiger partial charge in [-0.2, -0.15) is 0 Å². The lowest BCUT2D eigenvalue weighted by Crippen LogP contribution is -2.24. The Balaban J connectivity index is 1.88. The van der Waals surface area contributed by atoms with E-state index in [1.807, 2.05) is 0 Å². The lowest BCUT2D eigenvalue weighted by Gasteiger charge is -2.02. The number of halogens is 2. The summed E-state index contributed by atoms with van der Waals surface area (Å²) >= 11 is 11.9. The van der Waals surface area contributed by atoms with E-state index >= 15 is 0 Å². The van der Waals surface area contributed by atoms with Gasteiger partial charge in [-0.25, -0.2) is 14.5 Å². The van der Waals surface area contributed by atoms with Gasteiger partial charge in [0.2, 0.25) is 0 Å². The first-order chi connectivity index (χ1) is 11.6. The Labute approximate surface area is 148 Å². The van der Waals surface area contributed by atoms with Gasteiger partial charge in [-0.1, -0.05) is 36.5 Å². The second-order valence-electron chi connectivity index (χ2n) is 5.25. The first-order valence-electron chi connectivity index (χ1n) is 7.54. The molecule has 0 aliphatic heterocycles. The number of fused-ring (bicyclic) bond motifs is 1. The second kappa shape index (κ2) is 7.15. The van der Waals surface area contributed by atoms with Crippen LogP contribution in [-0.4, -0.2) is 32.0 Å².